The van der Waals surface area contributed by atoms with Crippen LogP contribution in [-0.4, -0.2) is 37.2 Å². The standard InChI is InChI=1S/C49H94O6/c1-5-8-10-12-14-16-18-19-20-21-22-24-28-32-36-40-47(50)53-43-46(55-49(52)42-38-34-30-23-17-15-13-11-9-6-2)44-54-48(51)41-37-33-29-26-25-27-31-35-39-45(4)7-3/h45-46H,5-44H2,1-4H3/t45?,46-/m0/s1. The van der Waals surface area contributed by atoms with Crippen molar-refractivity contribution in [3.05, 3.63) is 0 Å². The van der Waals surface area contributed by atoms with Crippen LogP contribution in [0.1, 0.15) is 272 Å². The second-order valence-corrected chi connectivity index (χ2v) is 17.0. The first-order chi connectivity index (χ1) is 26.9. The van der Waals surface area contributed by atoms with E-state index in [1.807, 2.05) is 0 Å². The molecule has 1 unspecified atom stereocenters. The van der Waals surface area contributed by atoms with Crippen molar-refractivity contribution in [1.29, 1.82) is 0 Å². The number of ether oxygens (including phenoxy) is 3. The smallest absolute Gasteiger partial charge is 0.306 e. The second kappa shape index (κ2) is 43.5. The maximum atomic E-state index is 12.7. The third kappa shape index (κ3) is 41.9. The molecule has 0 aliphatic rings. The Morgan fingerprint density at radius 3 is 0.945 bits per heavy atom. The van der Waals surface area contributed by atoms with Crippen LogP contribution < -0.4 is 0 Å². The van der Waals surface area contributed by atoms with E-state index in [4.69, 9.17) is 14.2 Å². The van der Waals surface area contributed by atoms with Gasteiger partial charge in [0.05, 0.1) is 0 Å². The predicted molar refractivity (Wildman–Crippen MR) is 233 cm³/mol. The molecule has 0 N–H and O–H groups in total. The van der Waals surface area contributed by atoms with E-state index in [9.17, 15) is 14.4 Å². The molecule has 0 aromatic heterocycles. The lowest BCUT2D eigenvalue weighted by Gasteiger charge is -2.18. The van der Waals surface area contributed by atoms with Crippen LogP contribution in [0.5, 0.6) is 0 Å². The first-order valence-electron chi connectivity index (χ1n) is 24.4. The van der Waals surface area contributed by atoms with Gasteiger partial charge in [-0.05, 0) is 25.2 Å². The average molecular weight is 779 g/mol. The van der Waals surface area contributed by atoms with Gasteiger partial charge >= 0.3 is 17.9 Å². The van der Waals surface area contributed by atoms with Gasteiger partial charge in [0, 0.05) is 19.3 Å². The molecule has 0 radical (unpaired) electrons. The zero-order valence-corrected chi connectivity index (χ0v) is 37.4. The molecule has 0 aliphatic carbocycles. The molecule has 0 bridgehead atoms. The van der Waals surface area contributed by atoms with E-state index < -0.39 is 6.10 Å². The summed E-state index contributed by atoms with van der Waals surface area (Å²) in [5.74, 6) is -0.00355. The Morgan fingerprint density at radius 2 is 0.636 bits per heavy atom. The molecule has 0 saturated heterocycles. The monoisotopic (exact) mass is 779 g/mol. The third-order valence-electron chi connectivity index (χ3n) is 11.4. The molecule has 0 aromatic rings. The summed E-state index contributed by atoms with van der Waals surface area (Å²) in [5.41, 5.74) is 0. The van der Waals surface area contributed by atoms with E-state index in [1.54, 1.807) is 0 Å². The van der Waals surface area contributed by atoms with Crippen LogP contribution in [0.15, 0.2) is 0 Å². The molecule has 6 nitrogen and oxygen atoms in total. The fourth-order valence-electron chi connectivity index (χ4n) is 7.30. The number of rotatable bonds is 44. The number of hydrogen-bond acceptors (Lipinski definition) is 6. The van der Waals surface area contributed by atoms with Crippen molar-refractivity contribution in [3.8, 4) is 0 Å². The summed E-state index contributed by atoms with van der Waals surface area (Å²) in [6, 6.07) is 0. The Labute approximate surface area is 342 Å². The van der Waals surface area contributed by atoms with Crippen LogP contribution in [0.4, 0.5) is 0 Å². The first-order valence-corrected chi connectivity index (χ1v) is 24.4. The molecule has 55 heavy (non-hydrogen) atoms. The van der Waals surface area contributed by atoms with E-state index in [2.05, 4.69) is 27.7 Å². The Kier molecular flexibility index (Phi) is 42.3. The molecule has 0 amide bonds. The summed E-state index contributed by atoms with van der Waals surface area (Å²) < 4.78 is 16.7. The number of hydrogen-bond donors (Lipinski definition) is 0. The van der Waals surface area contributed by atoms with Crippen molar-refractivity contribution in [2.75, 3.05) is 13.2 Å². The summed E-state index contributed by atoms with van der Waals surface area (Å²) in [5, 5.41) is 0. The zero-order valence-electron chi connectivity index (χ0n) is 37.4. The van der Waals surface area contributed by atoms with Crippen LogP contribution in [0.2, 0.25) is 0 Å². The van der Waals surface area contributed by atoms with Crippen LogP contribution in [0, 0.1) is 5.92 Å². The highest BCUT2D eigenvalue weighted by Crippen LogP contribution is 2.17. The van der Waals surface area contributed by atoms with Crippen molar-refractivity contribution in [1.82, 2.24) is 0 Å². The fourth-order valence-corrected chi connectivity index (χ4v) is 7.30. The number of carbonyl (C=O) groups is 3. The summed E-state index contributed by atoms with van der Waals surface area (Å²) >= 11 is 0. The minimum atomic E-state index is -0.759. The Bertz CT molecular complexity index is 828. The van der Waals surface area contributed by atoms with Gasteiger partial charge < -0.3 is 14.2 Å². The Balaban J connectivity index is 4.29. The number of esters is 3. The lowest BCUT2D eigenvalue weighted by atomic mass is 9.99. The van der Waals surface area contributed by atoms with Gasteiger partial charge in [0.2, 0.25) is 0 Å². The quantitative estimate of drug-likeness (QED) is 0.0348. The van der Waals surface area contributed by atoms with Crippen molar-refractivity contribution < 1.29 is 28.6 Å². The molecule has 0 fully saturated rings. The van der Waals surface area contributed by atoms with Crippen molar-refractivity contribution in [2.45, 2.75) is 278 Å². The topological polar surface area (TPSA) is 78.9 Å². The molecule has 0 aromatic carbocycles. The van der Waals surface area contributed by atoms with Gasteiger partial charge in [-0.15, -0.1) is 0 Å². The summed E-state index contributed by atoms with van der Waals surface area (Å²) in [6.45, 7) is 9.01. The Morgan fingerprint density at radius 1 is 0.364 bits per heavy atom. The molecule has 6 heteroatoms. The Hall–Kier alpha value is -1.59. The summed E-state index contributed by atoms with van der Waals surface area (Å²) in [4.78, 5) is 37.8. The highest BCUT2D eigenvalue weighted by molar-refractivity contribution is 5.71. The van der Waals surface area contributed by atoms with E-state index in [-0.39, 0.29) is 31.1 Å². The van der Waals surface area contributed by atoms with Gasteiger partial charge in [0.15, 0.2) is 6.10 Å². The molecule has 0 aliphatic heterocycles. The van der Waals surface area contributed by atoms with E-state index >= 15 is 0 Å². The van der Waals surface area contributed by atoms with Gasteiger partial charge in [-0.1, -0.05) is 233 Å². The molecule has 2 atom stereocenters. The van der Waals surface area contributed by atoms with Gasteiger partial charge in [-0.2, -0.15) is 0 Å². The van der Waals surface area contributed by atoms with Crippen molar-refractivity contribution >= 4 is 17.9 Å². The molecule has 0 rings (SSSR count). The SMILES string of the molecule is CCCCCCCCCCCCCCCCCC(=O)OC[C@@H](COC(=O)CCCCCCCCCCC(C)CC)OC(=O)CCCCCCCCCCCC. The lowest BCUT2D eigenvalue weighted by molar-refractivity contribution is -0.167. The normalized spacial score (nSPS) is 12.4. The highest BCUT2D eigenvalue weighted by Gasteiger charge is 2.19. The van der Waals surface area contributed by atoms with Crippen molar-refractivity contribution in [2.24, 2.45) is 5.92 Å². The van der Waals surface area contributed by atoms with Crippen LogP contribution >= 0.6 is 0 Å². The van der Waals surface area contributed by atoms with Crippen molar-refractivity contribution in [3.63, 3.8) is 0 Å². The number of unbranched alkanes of at least 4 members (excludes halogenated alkanes) is 30. The van der Waals surface area contributed by atoms with Gasteiger partial charge in [-0.25, -0.2) is 0 Å². The zero-order chi connectivity index (χ0) is 40.3. The lowest BCUT2D eigenvalue weighted by Crippen LogP contribution is -2.30. The summed E-state index contributed by atoms with van der Waals surface area (Å²) in [6.07, 6.45) is 43.6. The van der Waals surface area contributed by atoms with Crippen LogP contribution in [0.3, 0.4) is 0 Å². The van der Waals surface area contributed by atoms with Gasteiger partial charge in [-0.3, -0.25) is 14.4 Å². The third-order valence-corrected chi connectivity index (χ3v) is 11.4. The van der Waals surface area contributed by atoms with E-state index in [0.717, 1.165) is 63.7 Å². The second-order valence-electron chi connectivity index (χ2n) is 17.0. The maximum Gasteiger partial charge on any atom is 0.306 e. The van der Waals surface area contributed by atoms with E-state index in [1.165, 1.54) is 167 Å². The highest BCUT2D eigenvalue weighted by atomic mass is 16.6. The molecular formula is C49H94O6. The molecule has 326 valence electrons. The summed E-state index contributed by atoms with van der Waals surface area (Å²) in [7, 11) is 0. The molecule has 0 saturated carbocycles. The first kappa shape index (κ1) is 53.4. The van der Waals surface area contributed by atoms with Crippen LogP contribution in [-0.2, 0) is 28.6 Å². The minimum Gasteiger partial charge on any atom is -0.462 e. The largest absolute Gasteiger partial charge is 0.462 e. The van der Waals surface area contributed by atoms with Gasteiger partial charge in [0.25, 0.3) is 0 Å². The number of carbonyl (C=O) groups excluding carboxylic acids is 3. The molecular weight excluding hydrogens is 685 g/mol. The average Bonchev–Trinajstić information content (AvgIpc) is 3.18. The van der Waals surface area contributed by atoms with Gasteiger partial charge in [0.1, 0.15) is 13.2 Å². The van der Waals surface area contributed by atoms with Crippen LogP contribution in [0.25, 0.3) is 0 Å². The van der Waals surface area contributed by atoms with E-state index in [0.29, 0.717) is 19.3 Å². The maximum absolute atomic E-state index is 12.7. The predicted octanol–water partition coefficient (Wildman–Crippen LogP) is 15.5. The molecule has 0 heterocycles. The fraction of sp³-hybridized carbons (Fsp3) is 0.939. The minimum absolute atomic E-state index is 0.0635. The molecule has 0 spiro atoms.